The van der Waals surface area contributed by atoms with Gasteiger partial charge in [0.15, 0.2) is 0 Å². The number of rotatable bonds is 6. The summed E-state index contributed by atoms with van der Waals surface area (Å²) in [6.07, 6.45) is 1.47. The molecule has 0 aromatic carbocycles. The summed E-state index contributed by atoms with van der Waals surface area (Å²) in [5.74, 6) is -1.74. The number of nitrogens with zero attached hydrogens (tertiary/aromatic N) is 1. The van der Waals surface area contributed by atoms with Gasteiger partial charge in [-0.1, -0.05) is 0 Å². The molecule has 0 bridgehead atoms. The Hall–Kier alpha value is -1.28. The molecule has 0 aromatic heterocycles. The third kappa shape index (κ3) is 4.10. The number of nitrogens with two attached hydrogens (primary N) is 1. The Morgan fingerprint density at radius 2 is 2.16 bits per heavy atom. The highest BCUT2D eigenvalue weighted by Gasteiger charge is 2.35. The maximum absolute atomic E-state index is 12.0. The molecule has 1 heterocycles. The zero-order chi connectivity index (χ0) is 14.4. The van der Waals surface area contributed by atoms with Crippen LogP contribution in [0.5, 0.6) is 0 Å². The fraction of sp³-hybridized carbons (Fsp3) is 0.727. The molecule has 0 unspecified atom stereocenters. The van der Waals surface area contributed by atoms with Crippen molar-refractivity contribution in [2.75, 3.05) is 18.8 Å². The van der Waals surface area contributed by atoms with Gasteiger partial charge >= 0.3 is 5.97 Å². The first-order valence-electron chi connectivity index (χ1n) is 6.14. The number of nitrogens with one attached hydrogen (secondary N) is 1. The normalized spacial score (nSPS) is 20.1. The van der Waals surface area contributed by atoms with Crippen molar-refractivity contribution >= 4 is 30.4 Å². The van der Waals surface area contributed by atoms with Crippen LogP contribution in [0, 0.1) is 0 Å². The number of aliphatic carboxylic acids is 1. The van der Waals surface area contributed by atoms with Crippen LogP contribution >= 0.6 is 12.6 Å². The van der Waals surface area contributed by atoms with Crippen molar-refractivity contribution in [3.63, 3.8) is 0 Å². The third-order valence-electron chi connectivity index (χ3n) is 3.03. The van der Waals surface area contributed by atoms with Crippen molar-refractivity contribution in [3.8, 4) is 0 Å². The average Bonchev–Trinajstić information content (AvgIpc) is 2.84. The van der Waals surface area contributed by atoms with Crippen LogP contribution in [0.15, 0.2) is 0 Å². The summed E-state index contributed by atoms with van der Waals surface area (Å²) >= 11 is 3.88. The van der Waals surface area contributed by atoms with Crippen molar-refractivity contribution in [1.82, 2.24) is 10.2 Å². The largest absolute Gasteiger partial charge is 0.480 e. The lowest BCUT2D eigenvalue weighted by atomic mass is 10.2. The molecule has 8 heteroatoms. The van der Waals surface area contributed by atoms with Gasteiger partial charge in [0.05, 0.1) is 0 Å². The van der Waals surface area contributed by atoms with Crippen molar-refractivity contribution in [1.29, 1.82) is 0 Å². The van der Waals surface area contributed by atoms with Crippen molar-refractivity contribution < 1.29 is 19.5 Å². The monoisotopic (exact) mass is 289 g/mol. The van der Waals surface area contributed by atoms with E-state index in [0.29, 0.717) is 13.0 Å². The summed E-state index contributed by atoms with van der Waals surface area (Å²) in [4.78, 5) is 36.1. The summed E-state index contributed by atoms with van der Waals surface area (Å²) in [5, 5.41) is 11.3. The molecule has 2 amide bonds. The second kappa shape index (κ2) is 7.34. The highest BCUT2D eigenvalue weighted by atomic mass is 32.1. The molecule has 108 valence electrons. The first kappa shape index (κ1) is 15.8. The van der Waals surface area contributed by atoms with E-state index in [2.05, 4.69) is 17.9 Å². The Kier molecular flexibility index (Phi) is 6.10. The third-order valence-corrected chi connectivity index (χ3v) is 3.40. The predicted octanol–water partition coefficient (Wildman–Crippen LogP) is -1.17. The van der Waals surface area contributed by atoms with Crippen LogP contribution in [0.1, 0.15) is 19.3 Å². The molecular formula is C11H19N3O4S. The first-order valence-corrected chi connectivity index (χ1v) is 6.78. The van der Waals surface area contributed by atoms with E-state index >= 15 is 0 Å². The first-order chi connectivity index (χ1) is 9.01. The topological polar surface area (TPSA) is 113 Å². The van der Waals surface area contributed by atoms with E-state index in [1.807, 2.05) is 0 Å². The number of amides is 2. The standard InChI is InChI=1S/C11H19N3O4S/c12-4-3-9(15)14-5-1-2-8(14)10(16)13-7(6-19)11(17)18/h7-8,19H,1-6,12H2,(H,13,16)(H,17,18)/t7-,8-/m0/s1. The molecule has 1 fully saturated rings. The molecule has 1 saturated heterocycles. The second-order valence-electron chi connectivity index (χ2n) is 4.37. The minimum absolute atomic E-state index is 0.00450. The van der Waals surface area contributed by atoms with E-state index in [-0.39, 0.29) is 24.6 Å². The molecule has 7 nitrogen and oxygen atoms in total. The highest BCUT2D eigenvalue weighted by Crippen LogP contribution is 2.18. The smallest absolute Gasteiger partial charge is 0.327 e. The fourth-order valence-corrected chi connectivity index (χ4v) is 2.31. The molecule has 1 aliphatic heterocycles. The lowest BCUT2D eigenvalue weighted by molar-refractivity contribution is -0.143. The number of hydrogen-bond acceptors (Lipinski definition) is 5. The number of hydrogen-bond donors (Lipinski definition) is 4. The van der Waals surface area contributed by atoms with Gasteiger partial charge in [-0.05, 0) is 12.8 Å². The van der Waals surface area contributed by atoms with Gasteiger partial charge < -0.3 is 21.1 Å². The molecule has 0 spiro atoms. The van der Waals surface area contributed by atoms with Crippen LogP contribution < -0.4 is 11.1 Å². The highest BCUT2D eigenvalue weighted by molar-refractivity contribution is 7.80. The van der Waals surface area contributed by atoms with E-state index in [4.69, 9.17) is 10.8 Å². The number of carboxylic acid groups (broad SMARTS) is 1. The molecule has 0 aromatic rings. The Bertz CT molecular complexity index is 364. The van der Waals surface area contributed by atoms with Crippen LogP contribution in [-0.2, 0) is 14.4 Å². The van der Waals surface area contributed by atoms with Crippen LogP contribution in [0.2, 0.25) is 0 Å². The van der Waals surface area contributed by atoms with Gasteiger partial charge in [0, 0.05) is 25.3 Å². The Morgan fingerprint density at radius 3 is 2.68 bits per heavy atom. The number of carbonyl (C=O) groups excluding carboxylic acids is 2. The Labute approximate surface area is 116 Å². The number of carboxylic acids is 1. The van der Waals surface area contributed by atoms with Gasteiger partial charge in [-0.3, -0.25) is 9.59 Å². The predicted molar refractivity (Wildman–Crippen MR) is 71.8 cm³/mol. The maximum atomic E-state index is 12.0. The van der Waals surface area contributed by atoms with Crippen molar-refractivity contribution in [2.24, 2.45) is 5.73 Å². The molecule has 1 aliphatic rings. The summed E-state index contributed by atoms with van der Waals surface area (Å²) in [7, 11) is 0. The van der Waals surface area contributed by atoms with Crippen LogP contribution in [0.3, 0.4) is 0 Å². The summed E-state index contributed by atoms with van der Waals surface area (Å²) in [6, 6.07) is -1.64. The van der Waals surface area contributed by atoms with Gasteiger partial charge in [0.2, 0.25) is 11.8 Å². The molecule has 0 radical (unpaired) electrons. The molecule has 1 rings (SSSR count). The minimum Gasteiger partial charge on any atom is -0.480 e. The van der Waals surface area contributed by atoms with E-state index in [0.717, 1.165) is 6.42 Å². The van der Waals surface area contributed by atoms with Crippen LogP contribution in [-0.4, -0.2) is 58.7 Å². The quantitative estimate of drug-likeness (QED) is 0.460. The molecular weight excluding hydrogens is 270 g/mol. The summed E-state index contributed by atoms with van der Waals surface area (Å²) < 4.78 is 0. The van der Waals surface area contributed by atoms with Crippen molar-refractivity contribution in [2.45, 2.75) is 31.3 Å². The van der Waals surface area contributed by atoms with E-state index in [1.54, 1.807) is 0 Å². The summed E-state index contributed by atoms with van der Waals surface area (Å²) in [6.45, 7) is 0.744. The molecule has 19 heavy (non-hydrogen) atoms. The molecule has 4 N–H and O–H groups in total. The SMILES string of the molecule is NCCC(=O)N1CCC[C@H]1C(=O)N[C@@H](CS)C(=O)O. The van der Waals surface area contributed by atoms with Gasteiger partial charge in [0.25, 0.3) is 0 Å². The second-order valence-corrected chi connectivity index (χ2v) is 4.73. The van der Waals surface area contributed by atoms with E-state index < -0.39 is 24.0 Å². The van der Waals surface area contributed by atoms with E-state index in [1.165, 1.54) is 4.90 Å². The maximum Gasteiger partial charge on any atom is 0.327 e. The Balaban J connectivity index is 2.64. The molecule has 2 atom stereocenters. The van der Waals surface area contributed by atoms with Crippen molar-refractivity contribution in [3.05, 3.63) is 0 Å². The van der Waals surface area contributed by atoms with Gasteiger partial charge in [-0.2, -0.15) is 12.6 Å². The molecule has 0 saturated carbocycles. The zero-order valence-electron chi connectivity index (χ0n) is 10.5. The van der Waals surface area contributed by atoms with Gasteiger partial charge in [-0.25, -0.2) is 4.79 Å². The number of thiol groups is 1. The molecule has 0 aliphatic carbocycles. The van der Waals surface area contributed by atoms with E-state index in [9.17, 15) is 14.4 Å². The number of likely N-dealkylation sites (tertiary alicyclic amines) is 1. The Morgan fingerprint density at radius 1 is 1.47 bits per heavy atom. The van der Waals surface area contributed by atoms with Gasteiger partial charge in [-0.15, -0.1) is 0 Å². The van der Waals surface area contributed by atoms with Crippen LogP contribution in [0.4, 0.5) is 0 Å². The minimum atomic E-state index is -1.14. The zero-order valence-corrected chi connectivity index (χ0v) is 11.4. The fourth-order valence-electron chi connectivity index (χ4n) is 2.06. The lowest BCUT2D eigenvalue weighted by Crippen LogP contribution is -2.51. The number of carbonyl (C=O) groups is 3. The van der Waals surface area contributed by atoms with Gasteiger partial charge in [0.1, 0.15) is 12.1 Å². The average molecular weight is 289 g/mol. The van der Waals surface area contributed by atoms with Crippen LogP contribution in [0.25, 0.3) is 0 Å². The lowest BCUT2D eigenvalue weighted by Gasteiger charge is -2.25. The summed E-state index contributed by atoms with van der Waals surface area (Å²) in [5.41, 5.74) is 5.32.